The van der Waals surface area contributed by atoms with Gasteiger partial charge in [-0.3, -0.25) is 0 Å². The van der Waals surface area contributed by atoms with Crippen LogP contribution in [0, 0.1) is 0 Å². The summed E-state index contributed by atoms with van der Waals surface area (Å²) in [7, 11) is 0. The van der Waals surface area contributed by atoms with E-state index < -0.39 is 12.4 Å². The predicted molar refractivity (Wildman–Crippen MR) is 75.9 cm³/mol. The molecule has 0 bridgehead atoms. The third-order valence-corrected chi connectivity index (χ3v) is 3.39. The molecule has 0 atom stereocenters. The van der Waals surface area contributed by atoms with Crippen LogP contribution in [0.1, 0.15) is 5.56 Å². The van der Waals surface area contributed by atoms with Crippen molar-refractivity contribution in [2.75, 3.05) is 0 Å². The van der Waals surface area contributed by atoms with Crippen molar-refractivity contribution in [2.45, 2.75) is 6.61 Å². The predicted octanol–water partition coefficient (Wildman–Crippen LogP) is 4.63. The molecule has 2 aromatic carbocycles. The van der Waals surface area contributed by atoms with Crippen LogP contribution in [0.2, 0.25) is 10.0 Å². The van der Waals surface area contributed by atoms with E-state index >= 15 is 0 Å². The SMILES string of the molecule is F[B-](F)(F)c1ccc(OCc2ccc(Cl)c(Cl)c2)cc1. The first kappa shape index (κ1) is 15.1. The van der Waals surface area contributed by atoms with Crippen LogP contribution in [0.3, 0.4) is 0 Å². The second-order valence-electron chi connectivity index (χ2n) is 4.18. The summed E-state index contributed by atoms with van der Waals surface area (Å²) < 4.78 is 42.7. The second kappa shape index (κ2) is 5.98. The van der Waals surface area contributed by atoms with E-state index in [1.807, 2.05) is 0 Å². The molecule has 0 aliphatic heterocycles. The topological polar surface area (TPSA) is 9.23 Å². The van der Waals surface area contributed by atoms with Gasteiger partial charge in [-0.15, -0.1) is 5.46 Å². The van der Waals surface area contributed by atoms with Crippen LogP contribution in [0.4, 0.5) is 12.9 Å². The summed E-state index contributed by atoms with van der Waals surface area (Å²) in [4.78, 5) is 0. The Morgan fingerprint density at radius 1 is 0.900 bits per heavy atom. The smallest absolute Gasteiger partial charge is 0.489 e. The minimum Gasteiger partial charge on any atom is -0.489 e. The van der Waals surface area contributed by atoms with Crippen molar-refractivity contribution < 1.29 is 17.7 Å². The second-order valence-corrected chi connectivity index (χ2v) is 5.00. The minimum absolute atomic E-state index is 0.202. The van der Waals surface area contributed by atoms with Crippen molar-refractivity contribution in [1.82, 2.24) is 0 Å². The molecule has 0 amide bonds. The van der Waals surface area contributed by atoms with Gasteiger partial charge in [0.25, 0.3) is 0 Å². The van der Waals surface area contributed by atoms with E-state index in [2.05, 4.69) is 0 Å². The Morgan fingerprint density at radius 2 is 1.55 bits per heavy atom. The molecule has 1 nitrogen and oxygen atoms in total. The summed E-state index contributed by atoms with van der Waals surface area (Å²) in [6.45, 7) is -4.77. The average molecular weight is 320 g/mol. The monoisotopic (exact) mass is 319 g/mol. The standard InChI is InChI=1S/C13H9BCl2F3O/c15-12-6-1-9(7-13(12)16)8-20-11-4-2-10(3-5-11)14(17,18)19/h1-7H,8H2/q-1. The fourth-order valence-electron chi connectivity index (χ4n) is 1.58. The average Bonchev–Trinajstić information content (AvgIpc) is 2.40. The molecule has 0 saturated heterocycles. The first-order chi connectivity index (χ1) is 9.36. The van der Waals surface area contributed by atoms with E-state index in [1.165, 1.54) is 12.1 Å². The van der Waals surface area contributed by atoms with E-state index in [-0.39, 0.29) is 6.61 Å². The maximum Gasteiger partial charge on any atom is 0.509 e. The molecule has 0 fully saturated rings. The summed E-state index contributed by atoms with van der Waals surface area (Å²) in [6.07, 6.45) is 0. The maximum atomic E-state index is 12.4. The number of benzene rings is 2. The molecule has 0 spiro atoms. The quantitative estimate of drug-likeness (QED) is 0.747. The molecule has 0 aromatic heterocycles. The normalized spacial score (nSPS) is 11.4. The highest BCUT2D eigenvalue weighted by atomic mass is 35.5. The lowest BCUT2D eigenvalue weighted by atomic mass is 9.80. The number of ether oxygens (including phenoxy) is 1. The van der Waals surface area contributed by atoms with Crippen molar-refractivity contribution in [1.29, 1.82) is 0 Å². The highest BCUT2D eigenvalue weighted by molar-refractivity contribution is 6.73. The van der Waals surface area contributed by atoms with E-state index in [1.54, 1.807) is 18.2 Å². The molecule has 7 heteroatoms. The largest absolute Gasteiger partial charge is 0.509 e. The lowest BCUT2D eigenvalue weighted by molar-refractivity contribution is 0.306. The van der Waals surface area contributed by atoms with Crippen LogP contribution in [0.5, 0.6) is 5.75 Å². The van der Waals surface area contributed by atoms with Gasteiger partial charge in [0.1, 0.15) is 12.4 Å². The molecule has 2 rings (SSSR count). The molecule has 0 unspecified atom stereocenters. The van der Waals surface area contributed by atoms with Crippen molar-refractivity contribution in [2.24, 2.45) is 0 Å². The molecule has 106 valence electrons. The van der Waals surface area contributed by atoms with E-state index in [0.29, 0.717) is 15.8 Å². The molecule has 2 aromatic rings. The summed E-state index contributed by atoms with van der Waals surface area (Å²) in [5.74, 6) is 0.361. The summed E-state index contributed by atoms with van der Waals surface area (Å²) >= 11 is 11.6. The van der Waals surface area contributed by atoms with E-state index in [0.717, 1.165) is 17.7 Å². The fraction of sp³-hybridized carbons (Fsp3) is 0.0769. The Balaban J connectivity index is 2.02. The van der Waals surface area contributed by atoms with Gasteiger partial charge in [-0.2, -0.15) is 0 Å². The van der Waals surface area contributed by atoms with Crippen LogP contribution >= 0.6 is 23.2 Å². The lowest BCUT2D eigenvalue weighted by Gasteiger charge is -2.15. The third kappa shape index (κ3) is 3.84. The van der Waals surface area contributed by atoms with Gasteiger partial charge in [-0.25, -0.2) is 0 Å². The molecule has 0 aliphatic rings. The van der Waals surface area contributed by atoms with Gasteiger partial charge >= 0.3 is 6.98 Å². The molecule has 0 N–H and O–H groups in total. The van der Waals surface area contributed by atoms with E-state index in [9.17, 15) is 12.9 Å². The summed E-state index contributed by atoms with van der Waals surface area (Å²) in [6, 6.07) is 9.62. The Kier molecular flexibility index (Phi) is 4.50. The van der Waals surface area contributed by atoms with Crippen molar-refractivity contribution in [3.05, 3.63) is 58.1 Å². The van der Waals surface area contributed by atoms with Crippen molar-refractivity contribution in [3.8, 4) is 5.75 Å². The van der Waals surface area contributed by atoms with Gasteiger partial charge in [0, 0.05) is 0 Å². The zero-order chi connectivity index (χ0) is 14.8. The first-order valence-electron chi connectivity index (χ1n) is 5.73. The molecule has 0 heterocycles. The molecule has 0 aliphatic carbocycles. The van der Waals surface area contributed by atoms with Crippen LogP contribution in [-0.4, -0.2) is 6.98 Å². The van der Waals surface area contributed by atoms with Gasteiger partial charge in [-0.1, -0.05) is 41.4 Å². The van der Waals surface area contributed by atoms with Crippen LogP contribution in [-0.2, 0) is 6.61 Å². The molecule has 0 radical (unpaired) electrons. The van der Waals surface area contributed by atoms with E-state index in [4.69, 9.17) is 27.9 Å². The number of halogens is 5. The molecule has 20 heavy (non-hydrogen) atoms. The number of rotatable bonds is 4. The molecular weight excluding hydrogens is 311 g/mol. The third-order valence-electron chi connectivity index (χ3n) is 2.65. The molecular formula is C13H9BCl2F3O-. The Hall–Kier alpha value is -1.33. The van der Waals surface area contributed by atoms with Crippen LogP contribution in [0.25, 0.3) is 0 Å². The highest BCUT2D eigenvalue weighted by Gasteiger charge is 2.24. The molecule has 0 saturated carbocycles. The summed E-state index contributed by atoms with van der Waals surface area (Å²) in [5.41, 5.74) is 0.135. The first-order valence-corrected chi connectivity index (χ1v) is 6.48. The maximum absolute atomic E-state index is 12.4. The zero-order valence-corrected chi connectivity index (χ0v) is 11.6. The van der Waals surface area contributed by atoms with Crippen LogP contribution in [0.15, 0.2) is 42.5 Å². The minimum atomic E-state index is -4.97. The lowest BCUT2D eigenvalue weighted by Crippen LogP contribution is -2.33. The van der Waals surface area contributed by atoms with Crippen LogP contribution < -0.4 is 10.2 Å². The Morgan fingerprint density at radius 3 is 2.10 bits per heavy atom. The van der Waals surface area contributed by atoms with Gasteiger partial charge < -0.3 is 17.7 Å². The van der Waals surface area contributed by atoms with Gasteiger partial charge in [0.15, 0.2) is 0 Å². The highest BCUT2D eigenvalue weighted by Crippen LogP contribution is 2.23. The Labute approximate surface area is 124 Å². The van der Waals surface area contributed by atoms with Gasteiger partial charge in [0.2, 0.25) is 0 Å². The zero-order valence-electron chi connectivity index (χ0n) is 10.1. The van der Waals surface area contributed by atoms with Crippen molar-refractivity contribution in [3.63, 3.8) is 0 Å². The number of hydrogen-bond acceptors (Lipinski definition) is 1. The fourth-order valence-corrected chi connectivity index (χ4v) is 1.90. The van der Waals surface area contributed by atoms with Gasteiger partial charge in [-0.05, 0) is 29.8 Å². The van der Waals surface area contributed by atoms with Crippen molar-refractivity contribution >= 4 is 35.6 Å². The summed E-state index contributed by atoms with van der Waals surface area (Å²) in [5, 5.41) is 0.843. The Bertz CT molecular complexity index is 600. The number of hydrogen-bond donors (Lipinski definition) is 0. The van der Waals surface area contributed by atoms with Gasteiger partial charge in [0.05, 0.1) is 10.0 Å².